The van der Waals surface area contributed by atoms with Crippen molar-refractivity contribution in [3.05, 3.63) is 69.3 Å². The molecule has 0 radical (unpaired) electrons. The van der Waals surface area contributed by atoms with Gasteiger partial charge in [0.15, 0.2) is 5.76 Å². The summed E-state index contributed by atoms with van der Waals surface area (Å²) in [6.45, 7) is 3.42. The lowest BCUT2D eigenvalue weighted by Gasteiger charge is -2.06. The number of nitrogens with zero attached hydrogens (tertiary/aromatic N) is 2. The Labute approximate surface area is 170 Å². The predicted octanol–water partition coefficient (Wildman–Crippen LogP) is 4.60. The number of benzene rings is 1. The van der Waals surface area contributed by atoms with Gasteiger partial charge in [-0.15, -0.1) is 0 Å². The van der Waals surface area contributed by atoms with E-state index in [-0.39, 0.29) is 18.3 Å². The topological polar surface area (TPSA) is 69.3 Å². The first-order valence-corrected chi connectivity index (χ1v) is 9.63. The van der Waals surface area contributed by atoms with Gasteiger partial charge in [0.1, 0.15) is 18.1 Å². The monoisotopic (exact) mass is 451 g/mol. The van der Waals surface area contributed by atoms with Crippen molar-refractivity contribution in [2.75, 3.05) is 6.54 Å². The van der Waals surface area contributed by atoms with Crippen LogP contribution in [0, 0.1) is 6.92 Å². The number of hydrogen-bond acceptors (Lipinski definition) is 4. The Morgan fingerprint density at radius 3 is 2.93 bits per heavy atom. The van der Waals surface area contributed by atoms with E-state index in [0.717, 1.165) is 23.1 Å². The second-order valence-electron chi connectivity index (χ2n) is 5.96. The molecule has 0 saturated heterocycles. The average Bonchev–Trinajstić information content (AvgIpc) is 3.27. The quantitative estimate of drug-likeness (QED) is 0.507. The van der Waals surface area contributed by atoms with Gasteiger partial charge in [0.25, 0.3) is 5.91 Å². The minimum atomic E-state index is -0.250. The Bertz CT molecular complexity index is 923. The first-order chi connectivity index (χ1) is 13.0. The Morgan fingerprint density at radius 1 is 1.33 bits per heavy atom. The number of carbonyl (C=O) groups is 1. The van der Waals surface area contributed by atoms with Crippen LogP contribution in [-0.4, -0.2) is 22.2 Å². The van der Waals surface area contributed by atoms with Crippen LogP contribution in [0.5, 0.6) is 5.75 Å². The Kier molecular flexibility index (Phi) is 6.58. The van der Waals surface area contributed by atoms with Gasteiger partial charge in [0.2, 0.25) is 0 Å². The van der Waals surface area contributed by atoms with Gasteiger partial charge in [-0.2, -0.15) is 5.10 Å². The zero-order valence-corrected chi connectivity index (χ0v) is 17.1. The molecule has 8 heteroatoms. The summed E-state index contributed by atoms with van der Waals surface area (Å²) >= 11 is 9.46. The van der Waals surface area contributed by atoms with Crippen LogP contribution in [0.2, 0.25) is 5.02 Å². The Balaban J connectivity index is 1.44. The molecule has 0 aliphatic heterocycles. The van der Waals surface area contributed by atoms with Crippen molar-refractivity contribution in [2.24, 2.45) is 0 Å². The Morgan fingerprint density at radius 2 is 2.19 bits per heavy atom. The molecule has 0 saturated carbocycles. The standard InChI is InChI=1S/C19H19BrClN3O3/c1-13-7-10-24(23-13)9-2-8-22-19(25)18-6-4-15(27-18)12-26-17-5-3-14(20)11-16(17)21/h3-7,10-11H,2,8-9,12H2,1H3,(H,22,25). The molecule has 0 atom stereocenters. The molecule has 0 bridgehead atoms. The van der Waals surface area contributed by atoms with Gasteiger partial charge in [0, 0.05) is 23.8 Å². The second kappa shape index (κ2) is 9.10. The lowest BCUT2D eigenvalue weighted by atomic mass is 10.3. The number of amides is 1. The fourth-order valence-electron chi connectivity index (χ4n) is 2.44. The summed E-state index contributed by atoms with van der Waals surface area (Å²) in [6, 6.07) is 10.7. The van der Waals surface area contributed by atoms with E-state index in [1.165, 1.54) is 0 Å². The molecule has 27 heavy (non-hydrogen) atoms. The normalized spacial score (nSPS) is 10.8. The first kappa shape index (κ1) is 19.5. The van der Waals surface area contributed by atoms with E-state index in [0.29, 0.717) is 23.1 Å². The molecule has 2 aromatic heterocycles. The summed E-state index contributed by atoms with van der Waals surface area (Å²) < 4.78 is 13.9. The highest BCUT2D eigenvalue weighted by molar-refractivity contribution is 9.10. The van der Waals surface area contributed by atoms with Crippen LogP contribution >= 0.6 is 27.5 Å². The van der Waals surface area contributed by atoms with Crippen LogP contribution in [0.25, 0.3) is 0 Å². The zero-order valence-electron chi connectivity index (χ0n) is 14.7. The highest BCUT2D eigenvalue weighted by atomic mass is 79.9. The van der Waals surface area contributed by atoms with Crippen molar-refractivity contribution >= 4 is 33.4 Å². The van der Waals surface area contributed by atoms with Gasteiger partial charge >= 0.3 is 0 Å². The number of halogens is 2. The number of ether oxygens (including phenoxy) is 1. The molecule has 0 aliphatic rings. The van der Waals surface area contributed by atoms with Crippen LogP contribution in [0.4, 0.5) is 0 Å². The number of hydrogen-bond donors (Lipinski definition) is 1. The predicted molar refractivity (Wildman–Crippen MR) is 106 cm³/mol. The lowest BCUT2D eigenvalue weighted by molar-refractivity contribution is 0.0921. The minimum Gasteiger partial charge on any atom is -0.484 e. The molecular weight excluding hydrogens is 434 g/mol. The third kappa shape index (κ3) is 5.61. The van der Waals surface area contributed by atoms with E-state index in [1.807, 2.05) is 29.9 Å². The third-order valence-electron chi connectivity index (χ3n) is 3.77. The maximum atomic E-state index is 12.1. The van der Waals surface area contributed by atoms with Gasteiger partial charge in [-0.25, -0.2) is 0 Å². The van der Waals surface area contributed by atoms with Crippen LogP contribution in [0.1, 0.15) is 28.4 Å². The molecule has 3 aromatic rings. The van der Waals surface area contributed by atoms with E-state index < -0.39 is 0 Å². The maximum absolute atomic E-state index is 12.1. The molecular formula is C19H19BrClN3O3. The van der Waals surface area contributed by atoms with Gasteiger partial charge in [-0.3, -0.25) is 9.48 Å². The molecule has 0 aliphatic carbocycles. The molecule has 2 heterocycles. The van der Waals surface area contributed by atoms with Crippen molar-refractivity contribution in [2.45, 2.75) is 26.5 Å². The van der Waals surface area contributed by atoms with Crippen LogP contribution in [0.3, 0.4) is 0 Å². The minimum absolute atomic E-state index is 0.188. The number of nitrogens with one attached hydrogen (secondary N) is 1. The summed E-state index contributed by atoms with van der Waals surface area (Å²) in [5, 5.41) is 7.64. The average molecular weight is 453 g/mol. The number of carbonyl (C=O) groups excluding carboxylic acids is 1. The van der Waals surface area contributed by atoms with Gasteiger partial charge < -0.3 is 14.5 Å². The summed E-state index contributed by atoms with van der Waals surface area (Å²) in [6.07, 6.45) is 2.71. The molecule has 1 aromatic carbocycles. The van der Waals surface area contributed by atoms with Crippen molar-refractivity contribution in [3.63, 3.8) is 0 Å². The van der Waals surface area contributed by atoms with Crippen molar-refractivity contribution in [1.29, 1.82) is 0 Å². The van der Waals surface area contributed by atoms with Crippen LogP contribution < -0.4 is 10.1 Å². The van der Waals surface area contributed by atoms with E-state index in [2.05, 4.69) is 26.3 Å². The summed E-state index contributed by atoms with van der Waals surface area (Å²) in [4.78, 5) is 12.1. The highest BCUT2D eigenvalue weighted by Crippen LogP contribution is 2.28. The van der Waals surface area contributed by atoms with Crippen molar-refractivity contribution in [1.82, 2.24) is 15.1 Å². The Hall–Kier alpha value is -2.25. The molecule has 142 valence electrons. The van der Waals surface area contributed by atoms with Gasteiger partial charge in [-0.05, 0) is 49.7 Å². The molecule has 0 unspecified atom stereocenters. The second-order valence-corrected chi connectivity index (χ2v) is 7.28. The number of furan rings is 1. The van der Waals surface area contributed by atoms with Gasteiger partial charge in [-0.1, -0.05) is 27.5 Å². The highest BCUT2D eigenvalue weighted by Gasteiger charge is 2.11. The van der Waals surface area contributed by atoms with E-state index in [1.54, 1.807) is 24.3 Å². The number of aromatic nitrogens is 2. The molecule has 1 N–H and O–H groups in total. The third-order valence-corrected chi connectivity index (χ3v) is 4.56. The van der Waals surface area contributed by atoms with Crippen molar-refractivity contribution in [3.8, 4) is 5.75 Å². The molecule has 3 rings (SSSR count). The van der Waals surface area contributed by atoms with Crippen LogP contribution in [0.15, 0.2) is 51.5 Å². The lowest BCUT2D eigenvalue weighted by Crippen LogP contribution is -2.24. The largest absolute Gasteiger partial charge is 0.484 e. The summed E-state index contributed by atoms with van der Waals surface area (Å²) in [5.74, 6) is 1.10. The van der Waals surface area contributed by atoms with E-state index in [9.17, 15) is 4.79 Å². The number of rotatable bonds is 8. The summed E-state index contributed by atoms with van der Waals surface area (Å²) in [7, 11) is 0. The van der Waals surface area contributed by atoms with Crippen molar-refractivity contribution < 1.29 is 13.9 Å². The molecule has 1 amide bonds. The fourth-order valence-corrected chi connectivity index (χ4v) is 3.16. The SMILES string of the molecule is Cc1ccn(CCCNC(=O)c2ccc(COc3ccc(Br)cc3Cl)o2)n1. The smallest absolute Gasteiger partial charge is 0.286 e. The van der Waals surface area contributed by atoms with E-state index >= 15 is 0 Å². The van der Waals surface area contributed by atoms with Gasteiger partial charge in [0.05, 0.1) is 10.7 Å². The maximum Gasteiger partial charge on any atom is 0.286 e. The molecule has 0 spiro atoms. The fraction of sp³-hybridized carbons (Fsp3) is 0.263. The van der Waals surface area contributed by atoms with E-state index in [4.69, 9.17) is 20.8 Å². The molecule has 6 nitrogen and oxygen atoms in total. The first-order valence-electron chi connectivity index (χ1n) is 8.46. The zero-order chi connectivity index (χ0) is 19.2. The van der Waals surface area contributed by atoms with Crippen LogP contribution in [-0.2, 0) is 13.2 Å². The summed E-state index contributed by atoms with van der Waals surface area (Å²) in [5.41, 5.74) is 0.980. The molecule has 0 fully saturated rings. The number of aryl methyl sites for hydroxylation is 2.